The van der Waals surface area contributed by atoms with Crippen molar-refractivity contribution in [1.82, 2.24) is 9.80 Å². The van der Waals surface area contributed by atoms with Gasteiger partial charge in [0.15, 0.2) is 16.6 Å². The molecule has 0 aromatic heterocycles. The normalized spacial score (nSPS) is 17.7. The summed E-state index contributed by atoms with van der Waals surface area (Å²) in [5.74, 6) is -0.688. The van der Waals surface area contributed by atoms with E-state index < -0.39 is 0 Å². The number of carbonyl (C=O) groups is 1. The number of amides is 1. The maximum Gasteiger partial charge on any atom is 0.276 e. The molecule has 1 fully saturated rings. The molecule has 0 radical (unpaired) electrons. The zero-order valence-electron chi connectivity index (χ0n) is 10.6. The van der Waals surface area contributed by atoms with E-state index in [9.17, 15) is 15.0 Å². The number of rotatable bonds is 2. The van der Waals surface area contributed by atoms with Gasteiger partial charge in [-0.3, -0.25) is 9.69 Å². The molecular weight excluding hydrogens is 264 g/mol. The number of aromatic hydroxyl groups is 2. The monoisotopic (exact) mass is 278 g/mol. The van der Waals surface area contributed by atoms with Crippen LogP contribution in [0, 0.1) is 0 Å². The van der Waals surface area contributed by atoms with Gasteiger partial charge >= 0.3 is 0 Å². The van der Waals surface area contributed by atoms with E-state index in [4.69, 9.17) is 12.2 Å². The molecule has 6 heteroatoms. The summed E-state index contributed by atoms with van der Waals surface area (Å²) >= 11 is 5.17. The molecule has 0 unspecified atom stereocenters. The maximum atomic E-state index is 12.1. The lowest BCUT2D eigenvalue weighted by Gasteiger charge is -2.13. The van der Waals surface area contributed by atoms with E-state index in [2.05, 4.69) is 0 Å². The Morgan fingerprint density at radius 1 is 1.37 bits per heavy atom. The van der Waals surface area contributed by atoms with E-state index in [1.54, 1.807) is 24.1 Å². The standard InChI is InChI=1S/C13H14N2O3S/c1-3-15-12(18)9(14(2)13(15)19)7-8-5-4-6-10(16)11(8)17/h4-7,16-17H,3H2,1-2H3/b9-7+. The van der Waals surface area contributed by atoms with E-state index >= 15 is 0 Å². The fraction of sp³-hybridized carbons (Fsp3) is 0.231. The summed E-state index contributed by atoms with van der Waals surface area (Å²) in [7, 11) is 1.70. The Bertz CT molecular complexity index is 583. The molecule has 100 valence electrons. The lowest BCUT2D eigenvalue weighted by Crippen LogP contribution is -2.30. The fourth-order valence-electron chi connectivity index (χ4n) is 1.90. The predicted octanol–water partition coefficient (Wildman–Crippen LogP) is 1.52. The van der Waals surface area contributed by atoms with Gasteiger partial charge in [0.05, 0.1) is 0 Å². The van der Waals surface area contributed by atoms with Crippen LogP contribution in [0.2, 0.25) is 0 Å². The van der Waals surface area contributed by atoms with Crippen molar-refractivity contribution in [1.29, 1.82) is 0 Å². The largest absolute Gasteiger partial charge is 0.504 e. The van der Waals surface area contributed by atoms with Crippen molar-refractivity contribution in [2.75, 3.05) is 13.6 Å². The molecule has 2 rings (SSSR count). The highest BCUT2D eigenvalue weighted by atomic mass is 32.1. The maximum absolute atomic E-state index is 12.1. The molecule has 1 aromatic rings. The van der Waals surface area contributed by atoms with Gasteiger partial charge in [0.25, 0.3) is 5.91 Å². The highest BCUT2D eigenvalue weighted by Crippen LogP contribution is 2.31. The molecular formula is C13H14N2O3S. The van der Waals surface area contributed by atoms with Crippen molar-refractivity contribution in [2.24, 2.45) is 0 Å². The summed E-state index contributed by atoms with van der Waals surface area (Å²) in [6.45, 7) is 2.33. The smallest absolute Gasteiger partial charge is 0.276 e. The van der Waals surface area contributed by atoms with Crippen LogP contribution in [0.5, 0.6) is 11.5 Å². The average Bonchev–Trinajstić information content (AvgIpc) is 2.58. The lowest BCUT2D eigenvalue weighted by molar-refractivity contribution is -0.122. The van der Waals surface area contributed by atoms with Gasteiger partial charge in [-0.15, -0.1) is 0 Å². The van der Waals surface area contributed by atoms with Gasteiger partial charge in [-0.2, -0.15) is 0 Å². The average molecular weight is 278 g/mol. The van der Waals surface area contributed by atoms with Gasteiger partial charge in [0.1, 0.15) is 5.70 Å². The zero-order valence-corrected chi connectivity index (χ0v) is 11.4. The quantitative estimate of drug-likeness (QED) is 0.488. The Balaban J connectivity index is 2.47. The van der Waals surface area contributed by atoms with E-state index in [0.29, 0.717) is 22.9 Å². The first-order valence-electron chi connectivity index (χ1n) is 5.79. The Morgan fingerprint density at radius 3 is 2.63 bits per heavy atom. The molecule has 2 N–H and O–H groups in total. The third-order valence-electron chi connectivity index (χ3n) is 3.00. The Morgan fingerprint density at radius 2 is 2.05 bits per heavy atom. The van der Waals surface area contributed by atoms with Crippen LogP contribution in [0.4, 0.5) is 0 Å². The Kier molecular flexibility index (Phi) is 3.44. The molecule has 1 amide bonds. The predicted molar refractivity (Wildman–Crippen MR) is 75.5 cm³/mol. The topological polar surface area (TPSA) is 64.0 Å². The SMILES string of the molecule is CCN1C(=O)/C(=C\c2cccc(O)c2O)N(C)C1=S. The van der Waals surface area contributed by atoms with Crippen LogP contribution < -0.4 is 0 Å². The molecule has 19 heavy (non-hydrogen) atoms. The molecule has 0 spiro atoms. The van der Waals surface area contributed by atoms with Crippen LogP contribution in [0.25, 0.3) is 6.08 Å². The Labute approximate surface area is 116 Å². The van der Waals surface area contributed by atoms with Crippen molar-refractivity contribution >= 4 is 29.3 Å². The van der Waals surface area contributed by atoms with E-state index in [-0.39, 0.29) is 17.4 Å². The summed E-state index contributed by atoms with van der Waals surface area (Å²) < 4.78 is 0. The molecule has 0 saturated carbocycles. The first-order valence-corrected chi connectivity index (χ1v) is 6.20. The number of thiocarbonyl (C=S) groups is 1. The number of benzene rings is 1. The van der Waals surface area contributed by atoms with Crippen LogP contribution in [-0.2, 0) is 4.79 Å². The van der Waals surface area contributed by atoms with Crippen molar-refractivity contribution in [3.05, 3.63) is 29.5 Å². The number of likely N-dealkylation sites (N-methyl/N-ethyl adjacent to an activating group) is 2. The van der Waals surface area contributed by atoms with Crippen LogP contribution in [0.3, 0.4) is 0 Å². The van der Waals surface area contributed by atoms with Gasteiger partial charge in [-0.25, -0.2) is 0 Å². The van der Waals surface area contributed by atoms with Gasteiger partial charge in [-0.1, -0.05) is 12.1 Å². The number of carbonyl (C=O) groups excluding carboxylic acids is 1. The van der Waals surface area contributed by atoms with Gasteiger partial charge in [0.2, 0.25) is 0 Å². The molecule has 1 aliphatic rings. The zero-order chi connectivity index (χ0) is 14.2. The number of hydrogen-bond acceptors (Lipinski definition) is 4. The van der Waals surface area contributed by atoms with Gasteiger partial charge in [-0.05, 0) is 31.3 Å². The van der Waals surface area contributed by atoms with Crippen molar-refractivity contribution in [2.45, 2.75) is 6.92 Å². The second-order valence-electron chi connectivity index (χ2n) is 4.14. The second kappa shape index (κ2) is 4.89. The first kappa shape index (κ1) is 13.4. The fourth-order valence-corrected chi connectivity index (χ4v) is 2.21. The van der Waals surface area contributed by atoms with E-state index in [1.807, 2.05) is 6.92 Å². The number of nitrogens with zero attached hydrogens (tertiary/aromatic N) is 2. The number of hydrogen-bond donors (Lipinski definition) is 2. The summed E-state index contributed by atoms with van der Waals surface area (Å²) in [6, 6.07) is 4.58. The molecule has 0 aliphatic carbocycles. The summed E-state index contributed by atoms with van der Waals surface area (Å²) in [4.78, 5) is 15.2. The minimum absolute atomic E-state index is 0.210. The van der Waals surface area contributed by atoms with Crippen LogP contribution >= 0.6 is 12.2 Å². The molecule has 0 bridgehead atoms. The third kappa shape index (κ3) is 2.15. The summed E-state index contributed by atoms with van der Waals surface area (Å²) in [5.41, 5.74) is 0.740. The van der Waals surface area contributed by atoms with Gasteiger partial charge < -0.3 is 15.1 Å². The lowest BCUT2D eigenvalue weighted by atomic mass is 10.1. The van der Waals surface area contributed by atoms with E-state index in [1.165, 1.54) is 17.0 Å². The van der Waals surface area contributed by atoms with Crippen molar-refractivity contribution in [3.63, 3.8) is 0 Å². The van der Waals surface area contributed by atoms with E-state index in [0.717, 1.165) is 0 Å². The van der Waals surface area contributed by atoms with Gasteiger partial charge in [0, 0.05) is 19.2 Å². The van der Waals surface area contributed by atoms with Crippen molar-refractivity contribution < 1.29 is 15.0 Å². The minimum atomic E-state index is -0.253. The molecule has 1 aliphatic heterocycles. The number of phenolic OH excluding ortho intramolecular Hbond substituents is 2. The first-order chi connectivity index (χ1) is 8.97. The highest BCUT2D eigenvalue weighted by Gasteiger charge is 2.34. The van der Waals surface area contributed by atoms with Crippen LogP contribution in [0.15, 0.2) is 23.9 Å². The molecule has 5 nitrogen and oxygen atoms in total. The number of para-hydroxylation sites is 1. The summed E-state index contributed by atoms with van der Waals surface area (Å²) in [5, 5.41) is 19.6. The second-order valence-corrected chi connectivity index (χ2v) is 4.50. The van der Waals surface area contributed by atoms with Crippen molar-refractivity contribution in [3.8, 4) is 11.5 Å². The van der Waals surface area contributed by atoms with Crippen LogP contribution in [0.1, 0.15) is 12.5 Å². The third-order valence-corrected chi connectivity index (χ3v) is 3.49. The number of phenols is 2. The Hall–Kier alpha value is -2.08. The molecule has 1 saturated heterocycles. The molecule has 0 atom stereocenters. The highest BCUT2D eigenvalue weighted by molar-refractivity contribution is 7.80. The molecule has 1 heterocycles. The molecule has 1 aromatic carbocycles. The van der Waals surface area contributed by atoms with Crippen LogP contribution in [-0.4, -0.2) is 44.6 Å². The minimum Gasteiger partial charge on any atom is -0.504 e. The summed E-state index contributed by atoms with van der Waals surface area (Å²) in [6.07, 6.45) is 1.51.